The molecule has 1 rings (SSSR count). The van der Waals surface area contributed by atoms with Crippen LogP contribution in [-0.2, 0) is 11.2 Å². The summed E-state index contributed by atoms with van der Waals surface area (Å²) in [6.45, 7) is 0. The highest BCUT2D eigenvalue weighted by molar-refractivity contribution is 9.10. The summed E-state index contributed by atoms with van der Waals surface area (Å²) in [4.78, 5) is 10.6. The number of methoxy groups -OCH3 is 1. The van der Waals surface area contributed by atoms with Crippen LogP contribution in [0.1, 0.15) is 5.56 Å². The first-order chi connectivity index (χ1) is 7.47. The zero-order valence-electron chi connectivity index (χ0n) is 8.54. The summed E-state index contributed by atoms with van der Waals surface area (Å²) in [5.74, 6) is -1.67. The first kappa shape index (κ1) is 12.9. The third kappa shape index (κ3) is 2.70. The number of hydrogen-bond acceptors (Lipinski definition) is 3. The molecule has 88 valence electrons. The van der Waals surface area contributed by atoms with Gasteiger partial charge in [-0.25, -0.2) is 4.39 Å². The minimum atomic E-state index is -1.13. The second-order valence-electron chi connectivity index (χ2n) is 3.20. The van der Waals surface area contributed by atoms with Crippen molar-refractivity contribution in [2.75, 3.05) is 7.11 Å². The Labute approximate surface area is 100 Å². The lowest BCUT2D eigenvalue weighted by molar-refractivity contribution is -0.138. The highest BCUT2D eigenvalue weighted by Crippen LogP contribution is 2.29. The van der Waals surface area contributed by atoms with Gasteiger partial charge in [0.15, 0.2) is 11.6 Å². The quantitative estimate of drug-likeness (QED) is 0.883. The Balaban J connectivity index is 3.05. The summed E-state index contributed by atoms with van der Waals surface area (Å²) in [7, 11) is 1.32. The first-order valence-corrected chi connectivity index (χ1v) is 5.26. The molecule has 0 saturated heterocycles. The summed E-state index contributed by atoms with van der Waals surface area (Å²) in [6, 6.07) is 1.99. The zero-order chi connectivity index (χ0) is 12.3. The van der Waals surface area contributed by atoms with E-state index in [1.54, 1.807) is 6.07 Å². The van der Waals surface area contributed by atoms with Crippen LogP contribution in [0.25, 0.3) is 0 Å². The van der Waals surface area contributed by atoms with E-state index in [-0.39, 0.29) is 16.6 Å². The fraction of sp³-hybridized carbons (Fsp3) is 0.300. The van der Waals surface area contributed by atoms with Crippen LogP contribution >= 0.6 is 15.9 Å². The highest BCUT2D eigenvalue weighted by Gasteiger charge is 2.18. The van der Waals surface area contributed by atoms with Gasteiger partial charge in [0.25, 0.3) is 0 Å². The average molecular weight is 292 g/mol. The molecule has 1 unspecified atom stereocenters. The smallest absolute Gasteiger partial charge is 0.320 e. The molecule has 16 heavy (non-hydrogen) atoms. The van der Waals surface area contributed by atoms with Crippen molar-refractivity contribution in [2.45, 2.75) is 12.5 Å². The predicted molar refractivity (Wildman–Crippen MR) is 60.0 cm³/mol. The van der Waals surface area contributed by atoms with E-state index in [1.807, 2.05) is 0 Å². The van der Waals surface area contributed by atoms with Gasteiger partial charge in [0.05, 0.1) is 11.6 Å². The Hall–Kier alpha value is -1.14. The van der Waals surface area contributed by atoms with Gasteiger partial charge in [-0.05, 0) is 27.6 Å². The summed E-state index contributed by atoms with van der Waals surface area (Å²) in [6.07, 6.45) is 0.0166. The van der Waals surface area contributed by atoms with Crippen molar-refractivity contribution in [3.63, 3.8) is 0 Å². The Morgan fingerprint density at radius 1 is 1.69 bits per heavy atom. The van der Waals surface area contributed by atoms with Gasteiger partial charge in [-0.1, -0.05) is 6.07 Å². The lowest BCUT2D eigenvalue weighted by Gasteiger charge is -2.12. The molecule has 1 aromatic carbocycles. The Bertz CT molecular complexity index is 411. The Morgan fingerprint density at radius 2 is 2.31 bits per heavy atom. The third-order valence-corrected chi connectivity index (χ3v) is 2.71. The van der Waals surface area contributed by atoms with E-state index in [2.05, 4.69) is 15.9 Å². The van der Waals surface area contributed by atoms with Crippen molar-refractivity contribution >= 4 is 21.9 Å². The summed E-state index contributed by atoms with van der Waals surface area (Å²) in [5, 5.41) is 8.66. The van der Waals surface area contributed by atoms with E-state index in [0.717, 1.165) is 0 Å². The number of carbonyl (C=O) groups is 1. The topological polar surface area (TPSA) is 72.5 Å². The zero-order valence-corrected chi connectivity index (χ0v) is 10.1. The van der Waals surface area contributed by atoms with Gasteiger partial charge < -0.3 is 15.6 Å². The van der Waals surface area contributed by atoms with Crippen LogP contribution in [-0.4, -0.2) is 24.2 Å². The molecule has 0 saturated carbocycles. The molecule has 0 amide bonds. The maximum atomic E-state index is 13.6. The Kier molecular flexibility index (Phi) is 4.26. The van der Waals surface area contributed by atoms with Crippen molar-refractivity contribution in [3.8, 4) is 5.75 Å². The normalized spacial score (nSPS) is 12.2. The van der Waals surface area contributed by atoms with Crippen LogP contribution in [0.3, 0.4) is 0 Å². The molecule has 0 spiro atoms. The molecule has 0 heterocycles. The monoisotopic (exact) mass is 291 g/mol. The largest absolute Gasteiger partial charge is 0.493 e. The molecule has 6 heteroatoms. The lowest BCUT2D eigenvalue weighted by Crippen LogP contribution is -2.32. The van der Waals surface area contributed by atoms with Crippen molar-refractivity contribution in [1.29, 1.82) is 0 Å². The lowest BCUT2D eigenvalue weighted by atomic mass is 10.1. The molecule has 0 radical (unpaired) electrons. The van der Waals surface area contributed by atoms with Gasteiger partial charge in [-0.3, -0.25) is 4.79 Å². The van der Waals surface area contributed by atoms with Crippen LogP contribution in [0.5, 0.6) is 5.75 Å². The number of carboxylic acid groups (broad SMARTS) is 1. The second-order valence-corrected chi connectivity index (χ2v) is 4.06. The van der Waals surface area contributed by atoms with Crippen molar-refractivity contribution in [3.05, 3.63) is 28.0 Å². The molecule has 1 aromatic rings. The van der Waals surface area contributed by atoms with Gasteiger partial charge in [-0.15, -0.1) is 0 Å². The van der Waals surface area contributed by atoms with Crippen LogP contribution < -0.4 is 10.5 Å². The number of nitrogens with two attached hydrogens (primary N) is 1. The maximum Gasteiger partial charge on any atom is 0.320 e. The van der Waals surface area contributed by atoms with Crippen LogP contribution in [0.4, 0.5) is 4.39 Å². The number of hydrogen-bond donors (Lipinski definition) is 2. The fourth-order valence-corrected chi connectivity index (χ4v) is 1.59. The van der Waals surface area contributed by atoms with Crippen LogP contribution in [0, 0.1) is 5.82 Å². The SMILES string of the molecule is COc1c(CC(N)C(=O)O)ccc(Br)c1F. The van der Waals surface area contributed by atoms with Crippen molar-refractivity contribution in [1.82, 2.24) is 0 Å². The van der Waals surface area contributed by atoms with Gasteiger partial charge >= 0.3 is 5.97 Å². The van der Waals surface area contributed by atoms with Gasteiger partial charge in [0, 0.05) is 6.42 Å². The molecule has 0 aliphatic carbocycles. The van der Waals surface area contributed by atoms with Gasteiger partial charge in [-0.2, -0.15) is 0 Å². The number of carboxylic acids is 1. The van der Waals surface area contributed by atoms with E-state index in [9.17, 15) is 9.18 Å². The van der Waals surface area contributed by atoms with E-state index < -0.39 is 17.8 Å². The van der Waals surface area contributed by atoms with Crippen molar-refractivity contribution in [2.24, 2.45) is 5.73 Å². The minimum absolute atomic E-state index is 0.0166. The highest BCUT2D eigenvalue weighted by atomic mass is 79.9. The standard InChI is InChI=1S/C10H11BrFNO3/c1-16-9-5(4-7(13)10(14)15)2-3-6(11)8(9)12/h2-3,7H,4,13H2,1H3,(H,14,15). The first-order valence-electron chi connectivity index (χ1n) is 4.46. The Morgan fingerprint density at radius 3 is 2.81 bits per heavy atom. The minimum Gasteiger partial charge on any atom is -0.493 e. The van der Waals surface area contributed by atoms with E-state index in [1.165, 1.54) is 13.2 Å². The van der Waals surface area contributed by atoms with Crippen LogP contribution in [0.15, 0.2) is 16.6 Å². The molecule has 4 nitrogen and oxygen atoms in total. The summed E-state index contributed by atoms with van der Waals surface area (Å²) >= 11 is 3.01. The molecule has 0 aromatic heterocycles. The number of aliphatic carboxylic acids is 1. The third-order valence-electron chi connectivity index (χ3n) is 2.09. The molecule has 1 atom stereocenters. The molecular formula is C10H11BrFNO3. The number of ether oxygens (including phenoxy) is 1. The fourth-order valence-electron chi connectivity index (χ4n) is 1.28. The van der Waals surface area contributed by atoms with E-state index in [4.69, 9.17) is 15.6 Å². The summed E-state index contributed by atoms with van der Waals surface area (Å²) < 4.78 is 18.7. The average Bonchev–Trinajstić information content (AvgIpc) is 2.23. The van der Waals surface area contributed by atoms with Crippen LogP contribution in [0.2, 0.25) is 0 Å². The van der Waals surface area contributed by atoms with Crippen molar-refractivity contribution < 1.29 is 19.0 Å². The second kappa shape index (κ2) is 5.27. The van der Waals surface area contributed by atoms with E-state index >= 15 is 0 Å². The molecule has 0 aliphatic rings. The molecule has 0 bridgehead atoms. The number of rotatable bonds is 4. The number of benzene rings is 1. The van der Waals surface area contributed by atoms with Gasteiger partial charge in [0.2, 0.25) is 0 Å². The summed E-state index contributed by atoms with van der Waals surface area (Å²) in [5.41, 5.74) is 5.80. The van der Waals surface area contributed by atoms with E-state index in [0.29, 0.717) is 5.56 Å². The molecular weight excluding hydrogens is 281 g/mol. The predicted octanol–water partition coefficient (Wildman–Crippen LogP) is 1.55. The van der Waals surface area contributed by atoms with Gasteiger partial charge in [0.1, 0.15) is 6.04 Å². The molecule has 0 fully saturated rings. The molecule has 3 N–H and O–H groups in total. The number of halogens is 2. The molecule has 0 aliphatic heterocycles. The maximum absolute atomic E-state index is 13.6.